The van der Waals surface area contributed by atoms with Gasteiger partial charge in [-0.1, -0.05) is 0 Å². The minimum atomic E-state index is -5.41. The first kappa shape index (κ1) is 14.0. The molecule has 1 saturated heterocycles. The molecule has 10 heteroatoms. The molecule has 0 amide bonds. The third-order valence-corrected chi connectivity index (χ3v) is 2.55. The van der Waals surface area contributed by atoms with Crippen LogP contribution in [0.3, 0.4) is 0 Å². The maximum absolute atomic E-state index is 10.3. The Balaban J connectivity index is 2.75. The molecule has 0 aromatic heterocycles. The quantitative estimate of drug-likeness (QED) is 0.366. The van der Waals surface area contributed by atoms with Crippen LogP contribution < -0.4 is 9.79 Å². The van der Waals surface area contributed by atoms with Crippen LogP contribution in [0.5, 0.6) is 0 Å². The minimum Gasteiger partial charge on any atom is -0.790 e. The van der Waals surface area contributed by atoms with Crippen LogP contribution in [0.15, 0.2) is 0 Å². The normalized spacial score (nSPS) is 41.0. The zero-order valence-electron chi connectivity index (χ0n) is 7.87. The van der Waals surface area contributed by atoms with Crippen molar-refractivity contribution < 1.29 is 44.0 Å². The second kappa shape index (κ2) is 5.05. The van der Waals surface area contributed by atoms with Gasteiger partial charge in [0.1, 0.15) is 24.4 Å². The van der Waals surface area contributed by atoms with Gasteiger partial charge in [0.25, 0.3) is 0 Å². The summed E-state index contributed by atoms with van der Waals surface area (Å²) in [6.07, 6.45) is -8.61. The van der Waals surface area contributed by atoms with Gasteiger partial charge >= 0.3 is 0 Å². The van der Waals surface area contributed by atoms with Crippen LogP contribution in [-0.2, 0) is 13.8 Å². The van der Waals surface area contributed by atoms with E-state index in [0.717, 1.165) is 0 Å². The van der Waals surface area contributed by atoms with Crippen molar-refractivity contribution in [1.82, 2.24) is 0 Å². The molecule has 5 atom stereocenters. The molecular formula is C6H11O9P-2. The number of ether oxygens (including phenoxy) is 1. The van der Waals surface area contributed by atoms with E-state index >= 15 is 0 Å². The van der Waals surface area contributed by atoms with Gasteiger partial charge in [-0.3, -0.25) is 0 Å². The van der Waals surface area contributed by atoms with Gasteiger partial charge in [-0.05, 0) is 0 Å². The van der Waals surface area contributed by atoms with Crippen molar-refractivity contribution in [3.8, 4) is 0 Å². The second-order valence-corrected chi connectivity index (χ2v) is 4.36. The van der Waals surface area contributed by atoms with E-state index in [1.807, 2.05) is 0 Å². The van der Waals surface area contributed by atoms with E-state index in [2.05, 4.69) is 9.26 Å². The van der Waals surface area contributed by atoms with E-state index in [9.17, 15) is 29.7 Å². The van der Waals surface area contributed by atoms with Gasteiger partial charge in [-0.25, -0.2) is 0 Å². The Hall–Kier alpha value is -0.0900. The Bertz CT molecular complexity index is 275. The van der Waals surface area contributed by atoms with Gasteiger partial charge in [-0.15, -0.1) is 0 Å². The molecule has 0 aliphatic carbocycles. The van der Waals surface area contributed by atoms with Gasteiger partial charge in [0.05, 0.1) is 14.4 Å². The highest BCUT2D eigenvalue weighted by Crippen LogP contribution is 2.33. The van der Waals surface area contributed by atoms with Gasteiger partial charge in [-0.2, -0.15) is 0 Å². The lowest BCUT2D eigenvalue weighted by molar-refractivity contribution is -0.368. The number of hydrogen-bond acceptors (Lipinski definition) is 9. The summed E-state index contributed by atoms with van der Waals surface area (Å²) in [6, 6.07) is 0. The Morgan fingerprint density at radius 2 is 1.75 bits per heavy atom. The molecule has 0 saturated carbocycles. The zero-order valence-corrected chi connectivity index (χ0v) is 8.77. The Labute approximate surface area is 90.1 Å². The molecule has 9 nitrogen and oxygen atoms in total. The maximum atomic E-state index is 10.3. The molecule has 1 aliphatic heterocycles. The average Bonchev–Trinajstić information content (AvgIpc) is 2.17. The van der Waals surface area contributed by atoms with E-state index < -0.39 is 45.1 Å². The zero-order chi connectivity index (χ0) is 12.5. The summed E-state index contributed by atoms with van der Waals surface area (Å²) in [5.74, 6) is 0. The lowest BCUT2D eigenvalue weighted by Crippen LogP contribution is -2.59. The predicted octanol–water partition coefficient (Wildman–Crippen LogP) is -4.37. The molecule has 1 aliphatic rings. The highest BCUT2D eigenvalue weighted by atomic mass is 31.2. The number of hydrogen-bond donors (Lipinski definition) is 4. The molecule has 96 valence electrons. The summed E-state index contributed by atoms with van der Waals surface area (Å²) in [5, 5.41) is 36.5. The topological polar surface area (TPSA) is 163 Å². The number of phosphoric acid groups is 1. The molecule has 1 heterocycles. The molecule has 0 radical (unpaired) electrons. The van der Waals surface area contributed by atoms with Crippen LogP contribution in [-0.4, -0.2) is 57.7 Å². The first-order valence-corrected chi connectivity index (χ1v) is 5.73. The van der Waals surface area contributed by atoms with E-state index in [1.165, 1.54) is 0 Å². The summed E-state index contributed by atoms with van der Waals surface area (Å²) in [7, 11) is -5.41. The SMILES string of the molecule is O=P([O-])([O-])O[C@H]1O[C@H](CO)[C@@H](O)[C@H](O)[C@H]1O. The van der Waals surface area contributed by atoms with Crippen LogP contribution in [0.2, 0.25) is 0 Å². The van der Waals surface area contributed by atoms with Crippen LogP contribution in [0.25, 0.3) is 0 Å². The molecule has 0 aromatic carbocycles. The van der Waals surface area contributed by atoms with Crippen molar-refractivity contribution in [3.05, 3.63) is 0 Å². The summed E-state index contributed by atoms with van der Waals surface area (Å²) < 4.78 is 18.7. The van der Waals surface area contributed by atoms with Crippen molar-refractivity contribution in [1.29, 1.82) is 0 Å². The van der Waals surface area contributed by atoms with Crippen molar-refractivity contribution >= 4 is 7.82 Å². The van der Waals surface area contributed by atoms with Crippen LogP contribution in [0, 0.1) is 0 Å². The molecule has 16 heavy (non-hydrogen) atoms. The summed E-state index contributed by atoms with van der Waals surface area (Å²) in [5.41, 5.74) is 0. The van der Waals surface area contributed by atoms with Gasteiger partial charge in [0, 0.05) is 0 Å². The first-order chi connectivity index (χ1) is 7.26. The number of aliphatic hydroxyl groups is 4. The highest BCUT2D eigenvalue weighted by molar-refractivity contribution is 7.43. The fourth-order valence-corrected chi connectivity index (χ4v) is 1.71. The standard InChI is InChI=1S/C6H13O9P/c7-1-2-3(8)4(9)5(10)6(14-2)15-16(11,12)13/h2-10H,1H2,(H2,11,12,13)/p-2/t2-,3-,4+,5-,6-/m1/s1. The Morgan fingerprint density at radius 3 is 2.19 bits per heavy atom. The summed E-state index contributed by atoms with van der Waals surface area (Å²) >= 11 is 0. The highest BCUT2D eigenvalue weighted by Gasteiger charge is 2.44. The fraction of sp³-hybridized carbons (Fsp3) is 1.00. The largest absolute Gasteiger partial charge is 0.790 e. The van der Waals surface area contributed by atoms with E-state index in [4.69, 9.17) is 5.11 Å². The molecule has 0 spiro atoms. The fourth-order valence-electron chi connectivity index (χ4n) is 1.28. The smallest absolute Gasteiger partial charge is 0.191 e. The van der Waals surface area contributed by atoms with Crippen LogP contribution >= 0.6 is 7.82 Å². The lowest BCUT2D eigenvalue weighted by atomic mass is 10.00. The summed E-state index contributed by atoms with van der Waals surface area (Å²) in [6.45, 7) is -0.743. The van der Waals surface area contributed by atoms with Gasteiger partial charge in [0.2, 0.25) is 0 Å². The van der Waals surface area contributed by atoms with Crippen molar-refractivity contribution in [2.75, 3.05) is 6.61 Å². The second-order valence-electron chi connectivity index (χ2n) is 3.25. The molecule has 4 N–H and O–H groups in total. The molecule has 0 unspecified atom stereocenters. The molecule has 0 bridgehead atoms. The number of phosphoric ester groups is 1. The maximum Gasteiger partial charge on any atom is 0.191 e. The monoisotopic (exact) mass is 258 g/mol. The first-order valence-electron chi connectivity index (χ1n) is 4.27. The summed E-state index contributed by atoms with van der Waals surface area (Å²) in [4.78, 5) is 20.6. The van der Waals surface area contributed by atoms with Crippen LogP contribution in [0.4, 0.5) is 0 Å². The molecule has 0 aromatic rings. The molecular weight excluding hydrogens is 247 g/mol. The van der Waals surface area contributed by atoms with Crippen molar-refractivity contribution in [2.45, 2.75) is 30.7 Å². The lowest BCUT2D eigenvalue weighted by Gasteiger charge is -2.43. The van der Waals surface area contributed by atoms with E-state index in [0.29, 0.717) is 0 Å². The molecule has 1 rings (SSSR count). The average molecular weight is 258 g/mol. The Morgan fingerprint density at radius 1 is 1.19 bits per heavy atom. The third kappa shape index (κ3) is 3.20. The minimum absolute atomic E-state index is 0.743. The van der Waals surface area contributed by atoms with Crippen LogP contribution in [0.1, 0.15) is 0 Å². The van der Waals surface area contributed by atoms with Crippen molar-refractivity contribution in [3.63, 3.8) is 0 Å². The third-order valence-electron chi connectivity index (χ3n) is 2.08. The Kier molecular flexibility index (Phi) is 4.41. The molecule has 1 fully saturated rings. The van der Waals surface area contributed by atoms with Gasteiger partial charge in [0.15, 0.2) is 6.29 Å². The van der Waals surface area contributed by atoms with E-state index in [1.54, 1.807) is 0 Å². The van der Waals surface area contributed by atoms with E-state index in [-0.39, 0.29) is 0 Å². The van der Waals surface area contributed by atoms with Gasteiger partial charge < -0.3 is 44.0 Å². The predicted molar refractivity (Wildman–Crippen MR) is 42.5 cm³/mol. The van der Waals surface area contributed by atoms with Crippen molar-refractivity contribution in [2.24, 2.45) is 0 Å². The number of aliphatic hydroxyl groups excluding tert-OH is 4. The number of rotatable bonds is 3.